The fourth-order valence-corrected chi connectivity index (χ4v) is 0. The van der Waals surface area contributed by atoms with Crippen LogP contribution in [0.4, 0.5) is 0 Å². The van der Waals surface area contributed by atoms with Crippen LogP contribution in [0.15, 0.2) is 12.2 Å². The molecule has 0 bridgehead atoms. The van der Waals surface area contributed by atoms with Crippen molar-refractivity contribution in [1.82, 2.24) is 0 Å². The van der Waals surface area contributed by atoms with Gasteiger partial charge in [-0.05, 0) is 6.92 Å². The summed E-state index contributed by atoms with van der Waals surface area (Å²) in [5.41, 5.74) is 0.176. The summed E-state index contributed by atoms with van der Waals surface area (Å²) in [7, 11) is -3.12. The van der Waals surface area contributed by atoms with Crippen molar-refractivity contribution in [2.45, 2.75) is 26.2 Å². The summed E-state index contributed by atoms with van der Waals surface area (Å²) in [6.07, 6.45) is 4.50. The summed E-state index contributed by atoms with van der Waals surface area (Å²) in [5.74, 6) is -0.935. The molecule has 1 rings (SSSR count). The Balaban J connectivity index is -0.000000132. The van der Waals surface area contributed by atoms with Crippen LogP contribution in [-0.2, 0) is 15.8 Å². The van der Waals surface area contributed by atoms with E-state index in [4.69, 9.17) is 18.1 Å². The second-order valence-corrected chi connectivity index (χ2v) is 2.86. The van der Waals surface area contributed by atoms with Crippen LogP contribution in [0.2, 0.25) is 0 Å². The fourth-order valence-electron chi connectivity index (χ4n) is 0. The summed E-state index contributed by atoms with van der Waals surface area (Å²) in [5, 5.41) is 7.89. The van der Waals surface area contributed by atoms with Crippen molar-refractivity contribution in [3.8, 4) is 0 Å². The van der Waals surface area contributed by atoms with Gasteiger partial charge in [-0.3, -0.25) is 4.55 Å². The SMILES string of the molecule is C1CC1.C=C(C)C(=O)O.O=[SH](=O)O.[KH]. The quantitative estimate of drug-likeness (QED) is 0.268. The van der Waals surface area contributed by atoms with Crippen LogP contribution in [0.1, 0.15) is 26.2 Å². The van der Waals surface area contributed by atoms with Gasteiger partial charge in [-0.25, -0.2) is 13.2 Å². The summed E-state index contributed by atoms with van der Waals surface area (Å²) in [4.78, 5) is 9.60. The minimum atomic E-state index is -3.12. The van der Waals surface area contributed by atoms with Crippen molar-refractivity contribution in [3.63, 3.8) is 0 Å². The van der Waals surface area contributed by atoms with Gasteiger partial charge in [-0.2, -0.15) is 0 Å². The second kappa shape index (κ2) is 13.8. The summed E-state index contributed by atoms with van der Waals surface area (Å²) < 4.78 is 24.2. The molecule has 2 N–H and O–H groups in total. The first-order chi connectivity index (χ1) is 5.87. The number of aliphatic carboxylic acids is 1. The molecule has 1 aliphatic carbocycles. The topological polar surface area (TPSA) is 91.7 Å². The van der Waals surface area contributed by atoms with Crippen molar-refractivity contribution in [2.24, 2.45) is 0 Å². The maximum absolute atomic E-state index is 9.60. The van der Waals surface area contributed by atoms with Gasteiger partial charge in [0, 0.05) is 5.57 Å². The molecule has 0 radical (unpaired) electrons. The fraction of sp³-hybridized carbons (Fsp3) is 0.571. The van der Waals surface area contributed by atoms with E-state index in [2.05, 4.69) is 6.58 Å². The molecular formula is C7H15KO5S. The molecule has 1 aliphatic rings. The van der Waals surface area contributed by atoms with Crippen LogP contribution >= 0.6 is 0 Å². The standard InChI is InChI=1S/C4H6O2.C3H6.K.H2O3S.H/c1-3(2)4(5)6;1-2-3-1;;1-4(2)3;/h1H2,2H3,(H,5,6);1-3H2;;4H,(H,1,2,3);. The zero-order valence-corrected chi connectivity index (χ0v) is 8.29. The Kier molecular flexibility index (Phi) is 19.9. The summed E-state index contributed by atoms with van der Waals surface area (Å²) in [6, 6.07) is 0. The van der Waals surface area contributed by atoms with E-state index < -0.39 is 17.0 Å². The molecule has 0 aromatic rings. The molecule has 0 unspecified atom stereocenters. The predicted octanol–water partition coefficient (Wildman–Crippen LogP) is 0.240. The summed E-state index contributed by atoms with van der Waals surface area (Å²) in [6.45, 7) is 4.60. The van der Waals surface area contributed by atoms with Crippen LogP contribution in [0.5, 0.6) is 0 Å². The van der Waals surface area contributed by atoms with Crippen molar-refractivity contribution >= 4 is 68.3 Å². The van der Waals surface area contributed by atoms with Gasteiger partial charge in [-0.15, -0.1) is 0 Å². The van der Waals surface area contributed by atoms with E-state index in [-0.39, 0.29) is 57.0 Å². The molecule has 0 amide bonds. The normalized spacial score (nSPS) is 10.8. The second-order valence-electron chi connectivity index (χ2n) is 2.38. The van der Waals surface area contributed by atoms with E-state index in [1.54, 1.807) is 0 Å². The van der Waals surface area contributed by atoms with Crippen LogP contribution in [0.3, 0.4) is 0 Å². The first-order valence-corrected chi connectivity index (χ1v) is 4.73. The molecule has 7 heteroatoms. The van der Waals surface area contributed by atoms with Gasteiger partial charge in [0.15, 0.2) is 0 Å². The number of rotatable bonds is 1. The Morgan fingerprint density at radius 1 is 1.29 bits per heavy atom. The van der Waals surface area contributed by atoms with Crippen LogP contribution in [0.25, 0.3) is 0 Å². The van der Waals surface area contributed by atoms with Gasteiger partial charge < -0.3 is 5.11 Å². The molecule has 0 aromatic heterocycles. The number of carboxylic acid groups (broad SMARTS) is 1. The average molecular weight is 250 g/mol. The molecule has 14 heavy (non-hydrogen) atoms. The molecule has 1 fully saturated rings. The van der Waals surface area contributed by atoms with E-state index in [1.165, 1.54) is 26.2 Å². The van der Waals surface area contributed by atoms with Gasteiger partial charge in [0.25, 0.3) is 11.0 Å². The molecule has 0 atom stereocenters. The number of hydrogen-bond acceptors (Lipinski definition) is 3. The number of hydrogen-bond donors (Lipinski definition) is 3. The van der Waals surface area contributed by atoms with E-state index >= 15 is 0 Å². The first-order valence-electron chi connectivity index (χ1n) is 3.60. The maximum atomic E-state index is 9.60. The van der Waals surface area contributed by atoms with E-state index in [1.807, 2.05) is 0 Å². The van der Waals surface area contributed by atoms with Crippen LogP contribution in [-0.4, -0.2) is 75.4 Å². The number of thiol groups is 1. The van der Waals surface area contributed by atoms with Crippen LogP contribution < -0.4 is 0 Å². The zero-order chi connectivity index (χ0) is 10.9. The van der Waals surface area contributed by atoms with Crippen molar-refractivity contribution < 1.29 is 22.9 Å². The third-order valence-corrected chi connectivity index (χ3v) is 0.719. The van der Waals surface area contributed by atoms with Gasteiger partial charge in [0.1, 0.15) is 0 Å². The van der Waals surface area contributed by atoms with Gasteiger partial charge >= 0.3 is 57.4 Å². The molecular weight excluding hydrogens is 235 g/mol. The number of carbonyl (C=O) groups is 1. The molecule has 1 saturated carbocycles. The first kappa shape index (κ1) is 20.2. The Labute approximate surface area is 128 Å². The Hall–Kier alpha value is 0.756. The Morgan fingerprint density at radius 3 is 1.43 bits per heavy atom. The Morgan fingerprint density at radius 2 is 1.43 bits per heavy atom. The van der Waals surface area contributed by atoms with Crippen molar-refractivity contribution in [2.75, 3.05) is 0 Å². The number of carboxylic acids is 1. The third kappa shape index (κ3) is 53.2. The minimum absolute atomic E-state index is 0. The monoisotopic (exact) mass is 250 g/mol. The van der Waals surface area contributed by atoms with Gasteiger partial charge in [-0.1, -0.05) is 25.8 Å². The third-order valence-electron chi connectivity index (χ3n) is 0.719. The van der Waals surface area contributed by atoms with Crippen LogP contribution in [0, 0.1) is 0 Å². The van der Waals surface area contributed by atoms with E-state index in [0.29, 0.717) is 0 Å². The van der Waals surface area contributed by atoms with Gasteiger partial charge in [0.2, 0.25) is 0 Å². The molecule has 0 heterocycles. The van der Waals surface area contributed by atoms with Gasteiger partial charge in [0.05, 0.1) is 0 Å². The molecule has 80 valence electrons. The molecule has 0 saturated heterocycles. The van der Waals surface area contributed by atoms with E-state index in [0.717, 1.165) is 0 Å². The van der Waals surface area contributed by atoms with Crippen molar-refractivity contribution in [1.29, 1.82) is 0 Å². The summed E-state index contributed by atoms with van der Waals surface area (Å²) >= 11 is 0. The zero-order valence-electron chi connectivity index (χ0n) is 7.39. The van der Waals surface area contributed by atoms with E-state index in [9.17, 15) is 4.79 Å². The molecule has 0 spiro atoms. The Bertz CT molecular complexity index is 211. The molecule has 0 aliphatic heterocycles. The average Bonchev–Trinajstić information content (AvgIpc) is 2.68. The molecule has 5 nitrogen and oxygen atoms in total. The van der Waals surface area contributed by atoms with Crippen molar-refractivity contribution in [3.05, 3.63) is 12.2 Å². The predicted molar refractivity (Wildman–Crippen MR) is 56.4 cm³/mol. The molecule has 0 aromatic carbocycles.